The Bertz CT molecular complexity index is 787. The van der Waals surface area contributed by atoms with Gasteiger partial charge < -0.3 is 21.1 Å². The third-order valence-corrected chi connectivity index (χ3v) is 4.24. The lowest BCUT2D eigenvalue weighted by atomic mass is 10.0. The van der Waals surface area contributed by atoms with Gasteiger partial charge in [0.25, 0.3) is 0 Å². The Balaban J connectivity index is 1.60. The standard InChI is InChI=1S/C19H21N3O3/c20-14-5-8-17(21)16(12-14)19(24)13-3-6-15(7-4-13)25-11-10-22-9-1-2-18(22)23/h3-8,12H,1-2,9-11,20-21H2. The SMILES string of the molecule is Nc1ccc(N)c(C(=O)c2ccc(OCCN3CCCC3=O)cc2)c1. The first-order valence-electron chi connectivity index (χ1n) is 8.25. The second-order valence-corrected chi connectivity index (χ2v) is 6.03. The Morgan fingerprint density at radius 2 is 1.88 bits per heavy atom. The Hall–Kier alpha value is -3.02. The molecule has 0 unspecified atom stereocenters. The van der Waals surface area contributed by atoms with Crippen LogP contribution in [0.4, 0.5) is 11.4 Å². The van der Waals surface area contributed by atoms with Gasteiger partial charge in [-0.25, -0.2) is 0 Å². The van der Waals surface area contributed by atoms with Gasteiger partial charge in [0.1, 0.15) is 12.4 Å². The number of anilines is 2. The molecule has 6 nitrogen and oxygen atoms in total. The molecule has 1 aliphatic heterocycles. The van der Waals surface area contributed by atoms with E-state index < -0.39 is 0 Å². The molecule has 1 aliphatic rings. The number of nitrogens with zero attached hydrogens (tertiary/aromatic N) is 1. The van der Waals surface area contributed by atoms with E-state index in [1.807, 2.05) is 0 Å². The third kappa shape index (κ3) is 3.91. The number of ether oxygens (including phenoxy) is 1. The van der Waals surface area contributed by atoms with E-state index in [9.17, 15) is 9.59 Å². The topological polar surface area (TPSA) is 98.7 Å². The van der Waals surface area contributed by atoms with Crippen LogP contribution in [0.15, 0.2) is 42.5 Å². The summed E-state index contributed by atoms with van der Waals surface area (Å²) in [6.45, 7) is 1.82. The highest BCUT2D eigenvalue weighted by Gasteiger charge is 2.19. The fraction of sp³-hybridized carbons (Fsp3) is 0.263. The maximum absolute atomic E-state index is 12.5. The fourth-order valence-corrected chi connectivity index (χ4v) is 2.84. The van der Waals surface area contributed by atoms with Crippen LogP contribution in [0, 0.1) is 0 Å². The van der Waals surface area contributed by atoms with Crippen LogP contribution in [0.25, 0.3) is 0 Å². The van der Waals surface area contributed by atoms with Gasteiger partial charge in [-0.2, -0.15) is 0 Å². The number of hydrogen-bond donors (Lipinski definition) is 2. The predicted molar refractivity (Wildman–Crippen MR) is 96.5 cm³/mol. The molecule has 25 heavy (non-hydrogen) atoms. The highest BCUT2D eigenvalue weighted by Crippen LogP contribution is 2.21. The van der Waals surface area contributed by atoms with Crippen molar-refractivity contribution >= 4 is 23.1 Å². The smallest absolute Gasteiger partial charge is 0.222 e. The first-order valence-corrected chi connectivity index (χ1v) is 8.25. The summed E-state index contributed by atoms with van der Waals surface area (Å²) in [4.78, 5) is 25.9. The van der Waals surface area contributed by atoms with Gasteiger partial charge >= 0.3 is 0 Å². The van der Waals surface area contributed by atoms with Crippen molar-refractivity contribution in [3.05, 3.63) is 53.6 Å². The lowest BCUT2D eigenvalue weighted by molar-refractivity contribution is -0.128. The summed E-state index contributed by atoms with van der Waals surface area (Å²) in [5.41, 5.74) is 13.4. The van der Waals surface area contributed by atoms with Crippen molar-refractivity contribution in [2.75, 3.05) is 31.2 Å². The predicted octanol–water partition coefficient (Wildman–Crippen LogP) is 2.08. The number of carbonyl (C=O) groups excluding carboxylic acids is 2. The zero-order chi connectivity index (χ0) is 17.8. The van der Waals surface area contributed by atoms with E-state index >= 15 is 0 Å². The molecule has 4 N–H and O–H groups in total. The molecular formula is C19H21N3O3. The summed E-state index contributed by atoms with van der Waals surface area (Å²) < 4.78 is 5.65. The van der Waals surface area contributed by atoms with Crippen molar-refractivity contribution in [2.45, 2.75) is 12.8 Å². The molecule has 0 aromatic heterocycles. The van der Waals surface area contributed by atoms with Crippen LogP contribution in [0.1, 0.15) is 28.8 Å². The van der Waals surface area contributed by atoms with Crippen molar-refractivity contribution in [3.63, 3.8) is 0 Å². The average molecular weight is 339 g/mol. The number of carbonyl (C=O) groups is 2. The van der Waals surface area contributed by atoms with Crippen molar-refractivity contribution in [2.24, 2.45) is 0 Å². The zero-order valence-corrected chi connectivity index (χ0v) is 13.9. The lowest BCUT2D eigenvalue weighted by Gasteiger charge is -2.15. The maximum Gasteiger partial charge on any atom is 0.222 e. The number of ketones is 1. The molecule has 6 heteroatoms. The summed E-state index contributed by atoms with van der Waals surface area (Å²) in [5, 5.41) is 0. The second kappa shape index (κ2) is 7.25. The summed E-state index contributed by atoms with van der Waals surface area (Å²) in [7, 11) is 0. The summed E-state index contributed by atoms with van der Waals surface area (Å²) >= 11 is 0. The Morgan fingerprint density at radius 1 is 1.12 bits per heavy atom. The Kier molecular flexibility index (Phi) is 4.88. The summed E-state index contributed by atoms with van der Waals surface area (Å²) in [6, 6.07) is 11.7. The number of hydrogen-bond acceptors (Lipinski definition) is 5. The Morgan fingerprint density at radius 3 is 2.56 bits per heavy atom. The van der Waals surface area contributed by atoms with E-state index in [0.717, 1.165) is 13.0 Å². The van der Waals surface area contributed by atoms with Crippen LogP contribution in [-0.4, -0.2) is 36.3 Å². The normalized spacial score (nSPS) is 13.9. The molecule has 1 saturated heterocycles. The number of nitrogens with two attached hydrogens (primary N) is 2. The van der Waals surface area contributed by atoms with Gasteiger partial charge in [-0.3, -0.25) is 9.59 Å². The summed E-state index contributed by atoms with van der Waals surface area (Å²) in [5.74, 6) is 0.659. The number of rotatable bonds is 6. The van der Waals surface area contributed by atoms with Gasteiger partial charge in [0, 0.05) is 35.5 Å². The molecule has 0 atom stereocenters. The maximum atomic E-state index is 12.5. The Labute approximate surface area is 146 Å². The van der Waals surface area contributed by atoms with Crippen LogP contribution in [0.5, 0.6) is 5.75 Å². The van der Waals surface area contributed by atoms with Crippen molar-refractivity contribution in [3.8, 4) is 5.75 Å². The van der Waals surface area contributed by atoms with Crippen LogP contribution in [-0.2, 0) is 4.79 Å². The van der Waals surface area contributed by atoms with Crippen LogP contribution >= 0.6 is 0 Å². The van der Waals surface area contributed by atoms with Crippen molar-refractivity contribution in [1.29, 1.82) is 0 Å². The summed E-state index contributed by atoms with van der Waals surface area (Å²) in [6.07, 6.45) is 1.55. The van der Waals surface area contributed by atoms with Gasteiger partial charge in [0.05, 0.1) is 6.54 Å². The van der Waals surface area contributed by atoms with Crippen LogP contribution in [0.3, 0.4) is 0 Å². The lowest BCUT2D eigenvalue weighted by Crippen LogP contribution is -2.29. The van der Waals surface area contributed by atoms with Gasteiger partial charge in [-0.1, -0.05) is 0 Å². The minimum absolute atomic E-state index is 0.181. The van der Waals surface area contributed by atoms with E-state index in [2.05, 4.69) is 0 Å². The van der Waals surface area contributed by atoms with E-state index in [0.29, 0.717) is 47.8 Å². The van der Waals surface area contributed by atoms with Gasteiger partial charge in [-0.05, 0) is 48.9 Å². The second-order valence-electron chi connectivity index (χ2n) is 6.03. The van der Waals surface area contributed by atoms with Crippen LogP contribution < -0.4 is 16.2 Å². The van der Waals surface area contributed by atoms with E-state index in [-0.39, 0.29) is 11.7 Å². The molecule has 2 aromatic rings. The molecule has 3 rings (SSSR count). The quantitative estimate of drug-likeness (QED) is 0.620. The molecule has 1 fully saturated rings. The van der Waals surface area contributed by atoms with E-state index in [4.69, 9.17) is 16.2 Å². The average Bonchev–Trinajstić information content (AvgIpc) is 3.02. The molecule has 0 spiro atoms. The van der Waals surface area contributed by atoms with E-state index in [1.54, 1.807) is 47.4 Å². The fourth-order valence-electron chi connectivity index (χ4n) is 2.84. The van der Waals surface area contributed by atoms with Gasteiger partial charge in [-0.15, -0.1) is 0 Å². The molecule has 2 aromatic carbocycles. The molecular weight excluding hydrogens is 318 g/mol. The molecule has 1 heterocycles. The van der Waals surface area contributed by atoms with E-state index in [1.165, 1.54) is 0 Å². The van der Waals surface area contributed by atoms with Gasteiger partial charge in [0.2, 0.25) is 5.91 Å². The van der Waals surface area contributed by atoms with Crippen molar-refractivity contribution < 1.29 is 14.3 Å². The highest BCUT2D eigenvalue weighted by atomic mass is 16.5. The van der Waals surface area contributed by atoms with Crippen molar-refractivity contribution in [1.82, 2.24) is 4.90 Å². The zero-order valence-electron chi connectivity index (χ0n) is 13.9. The third-order valence-electron chi connectivity index (χ3n) is 4.24. The first kappa shape index (κ1) is 16.8. The molecule has 0 radical (unpaired) electrons. The largest absolute Gasteiger partial charge is 0.492 e. The molecule has 0 saturated carbocycles. The van der Waals surface area contributed by atoms with Crippen LogP contribution in [0.2, 0.25) is 0 Å². The highest BCUT2D eigenvalue weighted by molar-refractivity contribution is 6.12. The van der Waals surface area contributed by atoms with Gasteiger partial charge in [0.15, 0.2) is 5.78 Å². The first-order chi connectivity index (χ1) is 12.0. The molecule has 130 valence electrons. The monoisotopic (exact) mass is 339 g/mol. The number of benzene rings is 2. The number of amides is 1. The number of likely N-dealkylation sites (tertiary alicyclic amines) is 1. The molecule has 0 bridgehead atoms. The minimum Gasteiger partial charge on any atom is -0.492 e. The molecule has 1 amide bonds. The molecule has 0 aliphatic carbocycles. The minimum atomic E-state index is -0.181. The number of nitrogen functional groups attached to an aromatic ring is 2.